The third-order valence-electron chi connectivity index (χ3n) is 6.03. The van der Waals surface area contributed by atoms with Crippen molar-refractivity contribution in [3.63, 3.8) is 0 Å². The lowest BCUT2D eigenvalue weighted by atomic mass is 10.1. The molecule has 0 atom stereocenters. The average molecular weight is 525 g/mol. The van der Waals surface area contributed by atoms with Gasteiger partial charge in [0.05, 0.1) is 11.5 Å². The summed E-state index contributed by atoms with van der Waals surface area (Å²) in [6.45, 7) is 9.21. The minimum Gasteiger partial charge on any atom is -0.345 e. The SMILES string of the molecule is CC(C)CN(Cc1cccn1Cc1ccccc1Cl)C(=O)CN(C(=O)c1ccc([N+](=O)[O-])cc1)C(C)C. The van der Waals surface area contributed by atoms with E-state index >= 15 is 0 Å². The summed E-state index contributed by atoms with van der Waals surface area (Å²) < 4.78 is 2.07. The molecule has 0 aliphatic carbocycles. The van der Waals surface area contributed by atoms with Gasteiger partial charge in [0.25, 0.3) is 11.6 Å². The van der Waals surface area contributed by atoms with Gasteiger partial charge in [0, 0.05) is 53.7 Å². The number of carbonyl (C=O) groups excluding carboxylic acids is 2. The molecule has 0 N–H and O–H groups in total. The number of rotatable bonds is 11. The first kappa shape index (κ1) is 27.9. The molecule has 9 heteroatoms. The van der Waals surface area contributed by atoms with Crippen molar-refractivity contribution in [2.75, 3.05) is 13.1 Å². The van der Waals surface area contributed by atoms with Crippen LogP contribution in [-0.4, -0.2) is 50.2 Å². The minimum absolute atomic E-state index is 0.0911. The van der Waals surface area contributed by atoms with E-state index in [1.165, 1.54) is 29.2 Å². The van der Waals surface area contributed by atoms with Gasteiger partial charge < -0.3 is 14.4 Å². The molecule has 0 spiro atoms. The molecule has 0 bridgehead atoms. The van der Waals surface area contributed by atoms with E-state index < -0.39 is 4.92 Å². The Morgan fingerprint density at radius 3 is 2.27 bits per heavy atom. The van der Waals surface area contributed by atoms with Crippen molar-refractivity contribution >= 4 is 29.1 Å². The molecular weight excluding hydrogens is 492 g/mol. The maximum Gasteiger partial charge on any atom is 0.269 e. The fourth-order valence-corrected chi connectivity index (χ4v) is 4.27. The smallest absolute Gasteiger partial charge is 0.269 e. The number of carbonyl (C=O) groups is 2. The van der Waals surface area contributed by atoms with E-state index in [-0.39, 0.29) is 36.0 Å². The van der Waals surface area contributed by atoms with Gasteiger partial charge in [-0.25, -0.2) is 0 Å². The quantitative estimate of drug-likeness (QED) is 0.240. The Labute approximate surface area is 222 Å². The maximum absolute atomic E-state index is 13.5. The number of nitrogens with zero attached hydrogens (tertiary/aromatic N) is 4. The summed E-state index contributed by atoms with van der Waals surface area (Å²) in [5, 5.41) is 11.6. The van der Waals surface area contributed by atoms with Crippen LogP contribution >= 0.6 is 11.6 Å². The van der Waals surface area contributed by atoms with Gasteiger partial charge in [-0.05, 0) is 55.7 Å². The highest BCUT2D eigenvalue weighted by Gasteiger charge is 2.26. The van der Waals surface area contributed by atoms with Gasteiger partial charge in [-0.3, -0.25) is 19.7 Å². The van der Waals surface area contributed by atoms with Crippen LogP contribution in [0.15, 0.2) is 66.9 Å². The van der Waals surface area contributed by atoms with E-state index in [9.17, 15) is 19.7 Å². The Morgan fingerprint density at radius 2 is 1.68 bits per heavy atom. The molecule has 0 saturated heterocycles. The van der Waals surface area contributed by atoms with Crippen LogP contribution in [0.3, 0.4) is 0 Å². The average Bonchev–Trinajstić information content (AvgIpc) is 3.29. The number of nitro groups is 1. The highest BCUT2D eigenvalue weighted by atomic mass is 35.5. The van der Waals surface area contributed by atoms with Gasteiger partial charge >= 0.3 is 0 Å². The molecule has 1 aromatic heterocycles. The zero-order valence-corrected chi connectivity index (χ0v) is 22.4. The maximum atomic E-state index is 13.5. The monoisotopic (exact) mass is 524 g/mol. The van der Waals surface area contributed by atoms with Crippen LogP contribution in [0, 0.1) is 16.0 Å². The lowest BCUT2D eigenvalue weighted by Crippen LogP contribution is -2.46. The highest BCUT2D eigenvalue weighted by molar-refractivity contribution is 6.31. The first-order valence-corrected chi connectivity index (χ1v) is 12.6. The zero-order chi connectivity index (χ0) is 27.1. The Hall–Kier alpha value is -3.65. The second-order valence-corrected chi connectivity index (χ2v) is 10.1. The molecule has 0 fully saturated rings. The van der Waals surface area contributed by atoms with Crippen molar-refractivity contribution in [1.29, 1.82) is 0 Å². The molecule has 196 valence electrons. The van der Waals surface area contributed by atoms with Crippen LogP contribution < -0.4 is 0 Å². The first-order chi connectivity index (χ1) is 17.6. The first-order valence-electron chi connectivity index (χ1n) is 12.3. The number of non-ortho nitro benzene ring substituents is 1. The van der Waals surface area contributed by atoms with Crippen molar-refractivity contribution in [2.24, 2.45) is 5.92 Å². The van der Waals surface area contributed by atoms with Gasteiger partial charge in [-0.1, -0.05) is 43.6 Å². The van der Waals surface area contributed by atoms with Gasteiger partial charge in [0.2, 0.25) is 5.91 Å². The standard InChI is InChI=1S/C28H33ClN4O4/c1-20(2)16-31(18-25-9-7-15-30(25)17-23-8-5-6-10-26(23)29)27(34)19-32(21(3)4)28(35)22-11-13-24(14-12-22)33(36)37/h5-15,20-21H,16-19H2,1-4H3. The normalized spacial score (nSPS) is 11.1. The fourth-order valence-electron chi connectivity index (χ4n) is 4.07. The van der Waals surface area contributed by atoms with Crippen LogP contribution in [0.4, 0.5) is 5.69 Å². The van der Waals surface area contributed by atoms with E-state index in [0.29, 0.717) is 30.2 Å². The number of amides is 2. The molecule has 0 aliphatic heterocycles. The Kier molecular flexibility index (Phi) is 9.47. The van der Waals surface area contributed by atoms with Gasteiger partial charge in [-0.2, -0.15) is 0 Å². The second-order valence-electron chi connectivity index (χ2n) is 9.72. The molecule has 0 saturated carbocycles. The van der Waals surface area contributed by atoms with E-state index in [1.54, 1.807) is 4.90 Å². The summed E-state index contributed by atoms with van der Waals surface area (Å²) in [5.74, 6) is -0.276. The fraction of sp³-hybridized carbons (Fsp3) is 0.357. The van der Waals surface area contributed by atoms with Gasteiger partial charge in [0.1, 0.15) is 6.54 Å². The molecule has 2 amide bonds. The van der Waals surface area contributed by atoms with Gasteiger partial charge in [0.15, 0.2) is 0 Å². The van der Waals surface area contributed by atoms with Crippen LogP contribution in [0.1, 0.15) is 49.3 Å². The third kappa shape index (κ3) is 7.43. The second kappa shape index (κ2) is 12.5. The molecule has 3 aromatic rings. The summed E-state index contributed by atoms with van der Waals surface area (Å²) >= 11 is 6.36. The van der Waals surface area contributed by atoms with Crippen LogP contribution in [0.2, 0.25) is 5.02 Å². The van der Waals surface area contributed by atoms with Crippen molar-refractivity contribution in [3.05, 3.63) is 98.8 Å². The molecule has 2 aromatic carbocycles. The summed E-state index contributed by atoms with van der Waals surface area (Å²) in [7, 11) is 0. The molecule has 1 heterocycles. The van der Waals surface area contributed by atoms with Crippen LogP contribution in [0.25, 0.3) is 0 Å². The number of hydrogen-bond donors (Lipinski definition) is 0. The lowest BCUT2D eigenvalue weighted by Gasteiger charge is -2.31. The van der Waals surface area contributed by atoms with Crippen LogP contribution in [-0.2, 0) is 17.9 Å². The number of aromatic nitrogens is 1. The summed E-state index contributed by atoms with van der Waals surface area (Å²) in [4.78, 5) is 40.5. The lowest BCUT2D eigenvalue weighted by molar-refractivity contribution is -0.384. The predicted molar refractivity (Wildman–Crippen MR) is 145 cm³/mol. The highest BCUT2D eigenvalue weighted by Crippen LogP contribution is 2.19. The summed E-state index contributed by atoms with van der Waals surface area (Å²) in [6, 6.07) is 16.8. The number of hydrogen-bond acceptors (Lipinski definition) is 4. The molecule has 3 rings (SSSR count). The number of benzene rings is 2. The molecule has 8 nitrogen and oxygen atoms in total. The summed E-state index contributed by atoms with van der Waals surface area (Å²) in [6.07, 6.45) is 1.97. The van der Waals surface area contributed by atoms with Crippen molar-refractivity contribution in [3.8, 4) is 0 Å². The van der Waals surface area contributed by atoms with Crippen molar-refractivity contribution in [2.45, 2.75) is 46.8 Å². The van der Waals surface area contributed by atoms with Gasteiger partial charge in [-0.15, -0.1) is 0 Å². The molecule has 37 heavy (non-hydrogen) atoms. The van der Waals surface area contributed by atoms with E-state index in [4.69, 9.17) is 11.6 Å². The van der Waals surface area contributed by atoms with Crippen LogP contribution in [0.5, 0.6) is 0 Å². The Morgan fingerprint density at radius 1 is 1.00 bits per heavy atom. The topological polar surface area (TPSA) is 88.7 Å². The Balaban J connectivity index is 1.78. The van der Waals surface area contributed by atoms with Crippen molar-refractivity contribution in [1.82, 2.24) is 14.4 Å². The van der Waals surface area contributed by atoms with E-state index in [2.05, 4.69) is 4.57 Å². The third-order valence-corrected chi connectivity index (χ3v) is 6.40. The summed E-state index contributed by atoms with van der Waals surface area (Å²) in [5.41, 5.74) is 2.16. The molecular formula is C28H33ClN4O4. The molecule has 0 radical (unpaired) electrons. The minimum atomic E-state index is -0.511. The van der Waals surface area contributed by atoms with E-state index in [1.807, 2.05) is 70.3 Å². The van der Waals surface area contributed by atoms with E-state index in [0.717, 1.165) is 11.3 Å². The number of nitro benzene ring substituents is 1. The zero-order valence-electron chi connectivity index (χ0n) is 21.6. The number of halogens is 1. The molecule has 0 aliphatic rings. The Bertz CT molecular complexity index is 1240. The van der Waals surface area contributed by atoms with Crippen molar-refractivity contribution < 1.29 is 14.5 Å². The molecule has 0 unspecified atom stereocenters. The largest absolute Gasteiger partial charge is 0.345 e. The predicted octanol–water partition coefficient (Wildman–Crippen LogP) is 5.63.